The number of carbonyl (C=O) groups is 6. The number of alkyl halides is 1. The van der Waals surface area contributed by atoms with Gasteiger partial charge in [0.05, 0.1) is 17.8 Å². The lowest BCUT2D eigenvalue weighted by molar-refractivity contribution is -0.135. The van der Waals surface area contributed by atoms with Gasteiger partial charge in [-0.1, -0.05) is 56.9 Å². The minimum Gasteiger partial charge on any atom is -0.422 e. The summed E-state index contributed by atoms with van der Waals surface area (Å²) in [5.41, 5.74) is 1.00. The summed E-state index contributed by atoms with van der Waals surface area (Å²) in [5, 5.41) is 0. The highest BCUT2D eigenvalue weighted by Crippen LogP contribution is 2.44. The maximum atomic E-state index is 14.3. The zero-order valence-corrected chi connectivity index (χ0v) is 30.4. The highest BCUT2D eigenvalue weighted by molar-refractivity contribution is 5.97. The molecular formula is C42H35FO12. The molecule has 0 aromatic heterocycles. The van der Waals surface area contributed by atoms with Gasteiger partial charge in [0.1, 0.15) is 23.0 Å². The van der Waals surface area contributed by atoms with Crippen molar-refractivity contribution in [3.63, 3.8) is 0 Å². The quantitative estimate of drug-likeness (QED) is 0.0334. The van der Waals surface area contributed by atoms with Crippen LogP contribution >= 0.6 is 0 Å². The molecule has 0 bridgehead atoms. The third kappa shape index (κ3) is 11.8. The monoisotopic (exact) mass is 750 g/mol. The summed E-state index contributed by atoms with van der Waals surface area (Å²) in [4.78, 5) is 73.6. The van der Waals surface area contributed by atoms with Gasteiger partial charge in [0.25, 0.3) is 0 Å². The topological polar surface area (TPSA) is 158 Å². The number of ether oxygens (including phenoxy) is 6. The Hall–Kier alpha value is -7.33. The second-order valence-corrected chi connectivity index (χ2v) is 11.7. The summed E-state index contributed by atoms with van der Waals surface area (Å²) in [6.45, 7) is 22.6. The third-order valence-electron chi connectivity index (χ3n) is 6.99. The van der Waals surface area contributed by atoms with E-state index in [1.54, 1.807) is 0 Å². The fraction of sp³-hybridized carbons (Fsp3) is 0.143. The van der Waals surface area contributed by atoms with Crippen LogP contribution in [0.25, 0.3) is 11.1 Å². The molecule has 12 nitrogen and oxygen atoms in total. The molecule has 0 radical (unpaired) electrons. The number of esters is 4. The Morgan fingerprint density at radius 1 is 0.600 bits per heavy atom. The fourth-order valence-electron chi connectivity index (χ4n) is 4.11. The van der Waals surface area contributed by atoms with Crippen LogP contribution in [0, 0.1) is 11.8 Å². The average molecular weight is 751 g/mol. The molecule has 0 fully saturated rings. The minimum atomic E-state index is -1.32. The van der Waals surface area contributed by atoms with Crippen LogP contribution in [0.3, 0.4) is 0 Å². The number of carbonyl (C=O) groups excluding carboxylic acids is 6. The van der Waals surface area contributed by atoms with Crippen LogP contribution in [-0.2, 0) is 35.1 Å². The second-order valence-electron chi connectivity index (χ2n) is 11.7. The molecule has 3 rings (SSSR count). The van der Waals surface area contributed by atoms with Crippen molar-refractivity contribution in [1.82, 2.24) is 0 Å². The van der Waals surface area contributed by atoms with Crippen molar-refractivity contribution in [3.8, 4) is 46.0 Å². The van der Waals surface area contributed by atoms with Crippen LogP contribution in [0.4, 0.5) is 14.0 Å². The van der Waals surface area contributed by atoms with Gasteiger partial charge in [0, 0.05) is 39.8 Å². The van der Waals surface area contributed by atoms with E-state index >= 15 is 0 Å². The second kappa shape index (κ2) is 19.0. The molecule has 13 heteroatoms. The number of hydrogen-bond donors (Lipinski definition) is 0. The fourth-order valence-corrected chi connectivity index (χ4v) is 4.11. The van der Waals surface area contributed by atoms with E-state index in [1.807, 2.05) is 0 Å². The van der Waals surface area contributed by atoms with Crippen molar-refractivity contribution in [2.24, 2.45) is 0 Å². The van der Waals surface area contributed by atoms with Crippen LogP contribution in [0.15, 0.2) is 115 Å². The molecule has 0 aliphatic heterocycles. The molecule has 282 valence electrons. The lowest BCUT2D eigenvalue weighted by Gasteiger charge is -2.20. The van der Waals surface area contributed by atoms with Crippen molar-refractivity contribution < 1.29 is 61.6 Å². The highest BCUT2D eigenvalue weighted by Gasteiger charge is 2.26. The van der Waals surface area contributed by atoms with Gasteiger partial charge in [0.15, 0.2) is 0 Å². The van der Waals surface area contributed by atoms with Crippen molar-refractivity contribution in [3.05, 3.63) is 132 Å². The Balaban J connectivity index is 2.20. The van der Waals surface area contributed by atoms with E-state index in [0.29, 0.717) is 5.56 Å². The number of hydrogen-bond acceptors (Lipinski definition) is 12. The van der Waals surface area contributed by atoms with Gasteiger partial charge in [-0.15, -0.1) is 0 Å². The SMILES string of the molecule is C=C(C)C(=C)C(=O)Oc1c(CCF)c(C#Cc2ccc(OC(=O)OC(=O)C(=C)C)cc2)cc(OC(=O)C(=C)C)c1-c1ccc(OC(=O)OC(=O)C(=C)C)cc1. The predicted octanol–water partition coefficient (Wildman–Crippen LogP) is 8.02. The van der Waals surface area contributed by atoms with Crippen LogP contribution in [0.1, 0.15) is 44.4 Å². The van der Waals surface area contributed by atoms with E-state index < -0.39 is 42.9 Å². The predicted molar refractivity (Wildman–Crippen MR) is 198 cm³/mol. The van der Waals surface area contributed by atoms with E-state index in [2.05, 4.69) is 54.2 Å². The van der Waals surface area contributed by atoms with E-state index in [1.165, 1.54) is 82.3 Å². The number of rotatable bonds is 12. The largest absolute Gasteiger partial charge is 0.521 e. The van der Waals surface area contributed by atoms with E-state index in [-0.39, 0.29) is 79.5 Å². The van der Waals surface area contributed by atoms with Gasteiger partial charge in [-0.3, -0.25) is 4.39 Å². The van der Waals surface area contributed by atoms with Gasteiger partial charge in [0.2, 0.25) is 0 Å². The van der Waals surface area contributed by atoms with Crippen LogP contribution in [0.2, 0.25) is 0 Å². The Bertz CT molecular complexity index is 2200. The summed E-state index contributed by atoms with van der Waals surface area (Å²) in [6, 6.07) is 12.5. The summed E-state index contributed by atoms with van der Waals surface area (Å²) < 4.78 is 44.9. The Labute approximate surface area is 316 Å². The van der Waals surface area contributed by atoms with Crippen LogP contribution in [-0.4, -0.2) is 42.9 Å². The smallest absolute Gasteiger partial charge is 0.422 e. The summed E-state index contributed by atoms with van der Waals surface area (Å²) in [6.07, 6.45) is -2.91. The number of benzene rings is 3. The molecule has 3 aromatic carbocycles. The summed E-state index contributed by atoms with van der Waals surface area (Å²) in [5.74, 6) is 1.62. The van der Waals surface area contributed by atoms with Gasteiger partial charge < -0.3 is 28.4 Å². The molecule has 3 aromatic rings. The summed E-state index contributed by atoms with van der Waals surface area (Å²) >= 11 is 0. The first kappa shape index (κ1) is 42.1. The Morgan fingerprint density at radius 2 is 1.09 bits per heavy atom. The van der Waals surface area contributed by atoms with Crippen molar-refractivity contribution in [1.29, 1.82) is 0 Å². The maximum Gasteiger partial charge on any atom is 0.521 e. The van der Waals surface area contributed by atoms with Crippen molar-refractivity contribution in [2.75, 3.05) is 6.67 Å². The molecule has 0 aliphatic carbocycles. The average Bonchev–Trinajstić information content (AvgIpc) is 3.12. The van der Waals surface area contributed by atoms with E-state index in [0.717, 1.165) is 0 Å². The zero-order chi connectivity index (χ0) is 41.0. The standard InChI is InChI=1S/C42H35FO12/c1-23(2)27(9)40(47)53-36-33(20-21-43)30(13-10-28-11-16-31(17-12-28)50-41(48)54-38(45)25(5)6)22-34(52-37(44)24(3)4)35(36)29-14-18-32(19-15-29)51-42(49)55-39(46)26(7)8/h11-12,14-19,22H,1,3,5,7,9,20-21H2,2,4,6,8H3. The molecule has 0 saturated heterocycles. The lowest BCUT2D eigenvalue weighted by Crippen LogP contribution is -2.16. The molecule has 0 atom stereocenters. The lowest BCUT2D eigenvalue weighted by atomic mass is 9.94. The molecule has 0 spiro atoms. The maximum absolute atomic E-state index is 14.3. The van der Waals surface area contributed by atoms with Crippen molar-refractivity contribution >= 4 is 36.2 Å². The van der Waals surface area contributed by atoms with E-state index in [9.17, 15) is 33.2 Å². The first-order chi connectivity index (χ1) is 25.9. The molecule has 0 unspecified atom stereocenters. The molecule has 0 heterocycles. The molecule has 0 N–H and O–H groups in total. The Morgan fingerprint density at radius 3 is 1.55 bits per heavy atom. The Kier molecular flexibility index (Phi) is 14.5. The minimum absolute atomic E-state index is 0.0000884. The highest BCUT2D eigenvalue weighted by atomic mass is 19.1. The van der Waals surface area contributed by atoms with Gasteiger partial charge in [-0.2, -0.15) is 0 Å². The molecule has 55 heavy (non-hydrogen) atoms. The molecule has 0 aliphatic rings. The molecule has 0 amide bonds. The summed E-state index contributed by atoms with van der Waals surface area (Å²) in [7, 11) is 0. The first-order valence-corrected chi connectivity index (χ1v) is 16.0. The van der Waals surface area contributed by atoms with Gasteiger partial charge in [-0.05, 0) is 81.3 Å². The van der Waals surface area contributed by atoms with Crippen molar-refractivity contribution in [2.45, 2.75) is 34.1 Å². The zero-order valence-electron chi connectivity index (χ0n) is 30.4. The van der Waals surface area contributed by atoms with Gasteiger partial charge >= 0.3 is 36.2 Å². The first-order valence-electron chi connectivity index (χ1n) is 16.0. The van der Waals surface area contributed by atoms with Crippen LogP contribution < -0.4 is 18.9 Å². The third-order valence-corrected chi connectivity index (χ3v) is 6.99. The van der Waals surface area contributed by atoms with E-state index in [4.69, 9.17) is 18.9 Å². The molecule has 0 saturated carbocycles. The molecular weight excluding hydrogens is 715 g/mol. The van der Waals surface area contributed by atoms with Gasteiger partial charge in [-0.25, -0.2) is 28.8 Å². The number of halogens is 1. The van der Waals surface area contributed by atoms with Crippen LogP contribution in [0.5, 0.6) is 23.0 Å². The normalized spacial score (nSPS) is 9.98.